The molecule has 0 fully saturated rings. The number of halogens is 2. The number of carbonyl (C=O) groups excluding carboxylic acids is 2. The predicted molar refractivity (Wildman–Crippen MR) is 110 cm³/mol. The van der Waals surface area contributed by atoms with Crippen LogP contribution in [0.2, 0.25) is 0 Å². The van der Waals surface area contributed by atoms with Gasteiger partial charge in [0.15, 0.2) is 0 Å². The summed E-state index contributed by atoms with van der Waals surface area (Å²) in [5.74, 6) is -0.409. The van der Waals surface area contributed by atoms with Crippen LogP contribution in [-0.2, 0) is 19.1 Å². The van der Waals surface area contributed by atoms with E-state index in [1.807, 2.05) is 64.2 Å². The molecule has 5 nitrogen and oxygen atoms in total. The molecular weight excluding hydrogens is 536 g/mol. The number of hydrogen-bond acceptors (Lipinski definition) is 4. The molecule has 0 aliphatic carbocycles. The maximum absolute atomic E-state index is 11.6. The number of hydrogen-bond donors (Lipinski definition) is 1. The quantitative estimate of drug-likeness (QED) is 0.286. The molecule has 134 valence electrons. The number of aryl methyl sites for hydroxylation is 1. The average molecular weight is 560 g/mol. The molecule has 0 bridgehead atoms. The van der Waals surface area contributed by atoms with Gasteiger partial charge < -0.3 is 9.47 Å². The third-order valence-electron chi connectivity index (χ3n) is 3.41. The maximum atomic E-state index is 11.6. The van der Waals surface area contributed by atoms with Crippen molar-refractivity contribution in [2.75, 3.05) is 26.3 Å². The van der Waals surface area contributed by atoms with Crippen molar-refractivity contribution in [3.63, 3.8) is 0 Å². The van der Waals surface area contributed by atoms with E-state index in [9.17, 15) is 9.59 Å². The average Bonchev–Trinajstić information content (AvgIpc) is 2.53. The topological polar surface area (TPSA) is 57.0 Å². The van der Waals surface area contributed by atoms with E-state index in [1.54, 1.807) is 13.8 Å². The molecule has 0 aromatic heterocycles. The maximum Gasteiger partial charge on any atom is 0.318 e. The molecule has 1 aromatic carbocycles. The fraction of sp³-hybridized carbons (Fsp3) is 0.529. The van der Waals surface area contributed by atoms with Crippen molar-refractivity contribution in [1.29, 1.82) is 0 Å². The number of esters is 2. The van der Waals surface area contributed by atoms with E-state index >= 15 is 0 Å². The predicted octanol–water partition coefficient (Wildman–Crippen LogP) is 2.24. The molecule has 24 heavy (non-hydrogen) atoms. The number of nitrogens with one attached hydrogen (secondary N) is 1. The minimum atomic E-state index is -0.205. The summed E-state index contributed by atoms with van der Waals surface area (Å²) < 4.78 is 10.2. The van der Waals surface area contributed by atoms with E-state index in [0.29, 0.717) is 26.3 Å². The van der Waals surface area contributed by atoms with Gasteiger partial charge in [-0.3, -0.25) is 14.5 Å². The number of carbonyl (C=O) groups is 2. The Hall–Kier alpha value is -0.420. The molecule has 0 saturated heterocycles. The number of ether oxygens (including phenoxy) is 2. The van der Waals surface area contributed by atoms with Gasteiger partial charge in [0, 0.05) is 0 Å². The Morgan fingerprint density at radius 1 is 0.958 bits per heavy atom. The molecule has 1 aromatic rings. The second kappa shape index (κ2) is 11.2. The number of rotatable bonds is 9. The van der Waals surface area contributed by atoms with Crippen LogP contribution in [0.25, 0.3) is 0 Å². The Kier molecular flexibility index (Phi) is 10.1. The van der Waals surface area contributed by atoms with E-state index in [2.05, 4.69) is 12.1 Å². The first-order valence-electron chi connectivity index (χ1n) is 7.84. The molecule has 0 radical (unpaired) electrons. The minimum absolute atomic E-state index is 0.156. The van der Waals surface area contributed by atoms with Crippen LogP contribution in [-0.4, -0.2) is 46.1 Å². The van der Waals surface area contributed by atoms with Gasteiger partial charge in [0.25, 0.3) is 0 Å². The van der Waals surface area contributed by atoms with Gasteiger partial charge in [-0.25, -0.2) is 0 Å². The molecule has 2 unspecified atom stereocenters. The van der Waals surface area contributed by atoms with E-state index < -0.39 is 0 Å². The van der Waals surface area contributed by atoms with Crippen LogP contribution >= 0.6 is 45.2 Å². The second-order valence-corrected chi connectivity index (χ2v) is 9.27. The van der Waals surface area contributed by atoms with E-state index in [1.165, 1.54) is 5.56 Å². The smallest absolute Gasteiger partial charge is 0.318 e. The van der Waals surface area contributed by atoms with Crippen LogP contribution < -0.4 is 4.90 Å². The van der Waals surface area contributed by atoms with Crippen molar-refractivity contribution in [3.05, 3.63) is 29.8 Å². The summed E-state index contributed by atoms with van der Waals surface area (Å²) in [5, 5.41) is 0. The molecule has 7 heteroatoms. The molecule has 0 heterocycles. The number of alkyl halides is 2. The van der Waals surface area contributed by atoms with Crippen molar-refractivity contribution in [1.82, 2.24) is 0 Å². The van der Waals surface area contributed by atoms with Crippen LogP contribution in [0.1, 0.15) is 19.4 Å². The van der Waals surface area contributed by atoms with Crippen LogP contribution in [0.5, 0.6) is 0 Å². The van der Waals surface area contributed by atoms with Crippen molar-refractivity contribution in [2.45, 2.75) is 28.6 Å². The Labute approximate surface area is 170 Å². The highest BCUT2D eigenvalue weighted by molar-refractivity contribution is 14.1. The third-order valence-corrected chi connectivity index (χ3v) is 4.42. The first kappa shape index (κ1) is 21.6. The molecule has 0 saturated carbocycles. The molecule has 0 amide bonds. The van der Waals surface area contributed by atoms with Crippen LogP contribution in [0.4, 0.5) is 5.69 Å². The summed E-state index contributed by atoms with van der Waals surface area (Å²) in [6.45, 7) is 7.59. The Morgan fingerprint density at radius 3 is 1.75 bits per heavy atom. The normalized spacial score (nSPS) is 14.5. The zero-order valence-corrected chi connectivity index (χ0v) is 18.5. The minimum Gasteiger partial charge on any atom is -0.459 e. The summed E-state index contributed by atoms with van der Waals surface area (Å²) in [6, 6.07) is 8.20. The first-order valence-corrected chi connectivity index (χ1v) is 10.3. The number of benzene rings is 1. The molecule has 1 N–H and O–H groups in total. The molecule has 1 rings (SSSR count). The van der Waals surface area contributed by atoms with Gasteiger partial charge in [0.05, 0.1) is 0 Å². The Bertz CT molecular complexity index is 506. The zero-order chi connectivity index (χ0) is 18.1. The molecule has 2 atom stereocenters. The van der Waals surface area contributed by atoms with Gasteiger partial charge in [-0.2, -0.15) is 0 Å². The monoisotopic (exact) mass is 560 g/mol. The zero-order valence-electron chi connectivity index (χ0n) is 14.2. The lowest BCUT2D eigenvalue weighted by Gasteiger charge is -2.19. The van der Waals surface area contributed by atoms with Gasteiger partial charge in [-0.15, -0.1) is 0 Å². The molecular formula is C17H24I2NO4+. The summed E-state index contributed by atoms with van der Waals surface area (Å²) in [6.07, 6.45) is 0. The van der Waals surface area contributed by atoms with Gasteiger partial charge in [-0.1, -0.05) is 62.9 Å². The lowest BCUT2D eigenvalue weighted by molar-refractivity contribution is -0.833. The summed E-state index contributed by atoms with van der Waals surface area (Å²) in [7, 11) is 0. The summed E-state index contributed by atoms with van der Waals surface area (Å²) in [4.78, 5) is 24.3. The standard InChI is InChI=1S/C17H23I2NO4/c1-12-4-6-15(7-5-12)20(8-10-23-16(21)13(2)18)9-11-24-17(22)14(3)19/h4-7,13-14H,8-11H2,1-3H3/p+1. The van der Waals surface area contributed by atoms with Crippen molar-refractivity contribution in [2.24, 2.45) is 0 Å². The summed E-state index contributed by atoms with van der Waals surface area (Å²) in [5.41, 5.74) is 2.28. The lowest BCUT2D eigenvalue weighted by Crippen LogP contribution is -3.08. The van der Waals surface area contributed by atoms with Crippen LogP contribution in [0.15, 0.2) is 24.3 Å². The first-order chi connectivity index (χ1) is 11.3. The van der Waals surface area contributed by atoms with Gasteiger partial charge in [-0.05, 0) is 32.9 Å². The summed E-state index contributed by atoms with van der Waals surface area (Å²) >= 11 is 4.07. The van der Waals surface area contributed by atoms with Gasteiger partial charge >= 0.3 is 11.9 Å². The Balaban J connectivity index is 2.60. The number of quaternary nitrogens is 1. The van der Waals surface area contributed by atoms with E-state index in [4.69, 9.17) is 9.47 Å². The fourth-order valence-electron chi connectivity index (χ4n) is 1.98. The third kappa shape index (κ3) is 8.11. The second-order valence-electron chi connectivity index (χ2n) is 5.54. The molecule has 0 aliphatic heterocycles. The van der Waals surface area contributed by atoms with Gasteiger partial charge in [0.2, 0.25) is 0 Å². The van der Waals surface area contributed by atoms with Crippen LogP contribution in [0, 0.1) is 6.92 Å². The molecule has 0 aliphatic rings. The van der Waals surface area contributed by atoms with Crippen molar-refractivity contribution >= 4 is 62.8 Å². The van der Waals surface area contributed by atoms with Gasteiger partial charge in [0.1, 0.15) is 39.8 Å². The highest BCUT2D eigenvalue weighted by Crippen LogP contribution is 2.05. The molecule has 0 spiro atoms. The Morgan fingerprint density at radius 2 is 1.38 bits per heavy atom. The van der Waals surface area contributed by atoms with Crippen molar-refractivity contribution < 1.29 is 24.0 Å². The highest BCUT2D eigenvalue weighted by atomic mass is 127. The van der Waals surface area contributed by atoms with E-state index in [-0.39, 0.29) is 19.8 Å². The highest BCUT2D eigenvalue weighted by Gasteiger charge is 2.17. The van der Waals surface area contributed by atoms with E-state index in [0.717, 1.165) is 10.6 Å². The van der Waals surface area contributed by atoms with Crippen molar-refractivity contribution in [3.8, 4) is 0 Å². The SMILES string of the molecule is Cc1ccc([NH+](CCOC(=O)C(C)I)CCOC(=O)C(C)I)cc1. The largest absolute Gasteiger partial charge is 0.459 e. The lowest BCUT2D eigenvalue weighted by atomic mass is 10.2. The van der Waals surface area contributed by atoms with Crippen LogP contribution in [0.3, 0.4) is 0 Å². The fourth-order valence-corrected chi connectivity index (χ4v) is 2.34.